The SMILES string of the molecule is NC(CCl)=Nc1cccc(C(=O)Nc2ccc(O)c(C(=O)O)c2)c1. The molecule has 0 unspecified atom stereocenters. The van der Waals surface area contributed by atoms with Gasteiger partial charge in [-0.2, -0.15) is 0 Å². The third-order valence-corrected chi connectivity index (χ3v) is 3.28. The Bertz CT molecular complexity index is 821. The van der Waals surface area contributed by atoms with Crippen LogP contribution in [0, 0.1) is 0 Å². The fourth-order valence-electron chi connectivity index (χ4n) is 1.90. The summed E-state index contributed by atoms with van der Waals surface area (Å²) in [6, 6.07) is 10.2. The molecule has 0 aliphatic rings. The van der Waals surface area contributed by atoms with Crippen LogP contribution in [0.25, 0.3) is 0 Å². The first-order valence-corrected chi connectivity index (χ1v) is 7.31. The number of carboxylic acids is 1. The van der Waals surface area contributed by atoms with Gasteiger partial charge in [0.2, 0.25) is 0 Å². The number of nitrogens with zero attached hydrogens (tertiary/aromatic N) is 1. The van der Waals surface area contributed by atoms with Gasteiger partial charge in [-0.3, -0.25) is 4.79 Å². The predicted octanol–water partition coefficient (Wildman–Crippen LogP) is 2.57. The number of phenols is 1. The second-order valence-corrected chi connectivity index (χ2v) is 5.05. The number of rotatable bonds is 5. The summed E-state index contributed by atoms with van der Waals surface area (Å²) in [5.41, 5.74) is 6.27. The van der Waals surface area contributed by atoms with Crippen molar-refractivity contribution < 1.29 is 19.8 Å². The molecule has 2 aromatic carbocycles. The Balaban J connectivity index is 2.23. The van der Waals surface area contributed by atoms with Crippen LogP contribution in [-0.2, 0) is 0 Å². The van der Waals surface area contributed by atoms with Gasteiger partial charge in [0.1, 0.15) is 17.1 Å². The minimum atomic E-state index is -1.29. The first-order chi connectivity index (χ1) is 11.4. The number of amides is 1. The fourth-order valence-corrected chi connectivity index (χ4v) is 1.96. The van der Waals surface area contributed by atoms with Crippen molar-refractivity contribution in [3.8, 4) is 5.75 Å². The van der Waals surface area contributed by atoms with Gasteiger partial charge < -0.3 is 21.3 Å². The van der Waals surface area contributed by atoms with Crippen LogP contribution in [0.4, 0.5) is 11.4 Å². The van der Waals surface area contributed by atoms with E-state index in [9.17, 15) is 14.7 Å². The summed E-state index contributed by atoms with van der Waals surface area (Å²) in [7, 11) is 0. The predicted molar refractivity (Wildman–Crippen MR) is 91.5 cm³/mol. The van der Waals surface area contributed by atoms with Crippen LogP contribution in [0.1, 0.15) is 20.7 Å². The third kappa shape index (κ3) is 4.23. The topological polar surface area (TPSA) is 125 Å². The highest BCUT2D eigenvalue weighted by molar-refractivity contribution is 6.28. The van der Waals surface area contributed by atoms with E-state index in [1.165, 1.54) is 24.3 Å². The van der Waals surface area contributed by atoms with E-state index < -0.39 is 11.9 Å². The minimum absolute atomic E-state index is 0.0713. The van der Waals surface area contributed by atoms with Crippen molar-refractivity contribution in [3.63, 3.8) is 0 Å². The van der Waals surface area contributed by atoms with Gasteiger partial charge in [0, 0.05) is 11.3 Å². The Morgan fingerprint density at radius 3 is 2.62 bits per heavy atom. The summed E-state index contributed by atoms with van der Waals surface area (Å²) in [5.74, 6) is -1.84. The van der Waals surface area contributed by atoms with Crippen molar-refractivity contribution in [3.05, 3.63) is 53.6 Å². The number of halogens is 1. The highest BCUT2D eigenvalue weighted by Gasteiger charge is 2.12. The molecule has 2 rings (SSSR count). The molecule has 0 atom stereocenters. The number of aliphatic imine (C=N–C) groups is 1. The Kier molecular flexibility index (Phi) is 5.39. The zero-order chi connectivity index (χ0) is 17.7. The van der Waals surface area contributed by atoms with Gasteiger partial charge in [0.05, 0.1) is 11.6 Å². The van der Waals surface area contributed by atoms with E-state index in [1.54, 1.807) is 18.2 Å². The number of anilines is 1. The lowest BCUT2D eigenvalue weighted by Gasteiger charge is -2.08. The first-order valence-electron chi connectivity index (χ1n) is 6.77. The molecule has 0 aliphatic carbocycles. The molecule has 1 amide bonds. The summed E-state index contributed by atoms with van der Waals surface area (Å²) < 4.78 is 0. The van der Waals surface area contributed by atoms with Gasteiger partial charge in [-0.15, -0.1) is 11.6 Å². The van der Waals surface area contributed by atoms with E-state index in [0.29, 0.717) is 11.3 Å². The van der Waals surface area contributed by atoms with Crippen molar-refractivity contribution in [2.75, 3.05) is 11.2 Å². The zero-order valence-electron chi connectivity index (χ0n) is 12.4. The molecule has 0 radical (unpaired) electrons. The van der Waals surface area contributed by atoms with E-state index >= 15 is 0 Å². The summed E-state index contributed by atoms with van der Waals surface area (Å²) in [5, 5.41) is 21.0. The zero-order valence-corrected chi connectivity index (χ0v) is 13.1. The lowest BCUT2D eigenvalue weighted by molar-refractivity contribution is 0.0693. The van der Waals surface area contributed by atoms with E-state index in [4.69, 9.17) is 22.4 Å². The minimum Gasteiger partial charge on any atom is -0.507 e. The van der Waals surface area contributed by atoms with Gasteiger partial charge in [0.15, 0.2) is 0 Å². The van der Waals surface area contributed by atoms with Gasteiger partial charge in [-0.1, -0.05) is 6.07 Å². The van der Waals surface area contributed by atoms with Gasteiger partial charge in [-0.05, 0) is 36.4 Å². The van der Waals surface area contributed by atoms with Crippen LogP contribution in [0.2, 0.25) is 0 Å². The maximum atomic E-state index is 12.3. The largest absolute Gasteiger partial charge is 0.507 e. The molecular formula is C16H14ClN3O4. The van der Waals surface area contributed by atoms with E-state index in [1.807, 2.05) is 0 Å². The van der Waals surface area contributed by atoms with Crippen LogP contribution in [0.15, 0.2) is 47.5 Å². The molecule has 2 aromatic rings. The van der Waals surface area contributed by atoms with Gasteiger partial charge in [-0.25, -0.2) is 9.79 Å². The Labute approximate surface area is 142 Å². The molecule has 5 N–H and O–H groups in total. The molecule has 7 nitrogen and oxygen atoms in total. The van der Waals surface area contributed by atoms with Gasteiger partial charge >= 0.3 is 5.97 Å². The Hall–Kier alpha value is -3.06. The third-order valence-electron chi connectivity index (χ3n) is 3.00. The summed E-state index contributed by atoms with van der Waals surface area (Å²) in [4.78, 5) is 27.3. The van der Waals surface area contributed by atoms with Crippen molar-refractivity contribution in [1.29, 1.82) is 0 Å². The average Bonchev–Trinajstić information content (AvgIpc) is 2.56. The highest BCUT2D eigenvalue weighted by atomic mass is 35.5. The maximum absolute atomic E-state index is 12.3. The van der Waals surface area contributed by atoms with Crippen molar-refractivity contribution in [1.82, 2.24) is 0 Å². The van der Waals surface area contributed by atoms with Crippen LogP contribution >= 0.6 is 11.6 Å². The molecule has 0 saturated carbocycles. The number of alkyl halides is 1. The van der Waals surface area contributed by atoms with Crippen molar-refractivity contribution in [2.45, 2.75) is 0 Å². The number of hydrogen-bond acceptors (Lipinski definition) is 4. The Morgan fingerprint density at radius 1 is 1.21 bits per heavy atom. The molecule has 8 heteroatoms. The number of hydrogen-bond donors (Lipinski definition) is 4. The molecule has 124 valence electrons. The number of carbonyl (C=O) groups excluding carboxylic acids is 1. The molecule has 0 bridgehead atoms. The van der Waals surface area contributed by atoms with Crippen molar-refractivity contribution in [2.24, 2.45) is 10.7 Å². The van der Waals surface area contributed by atoms with Crippen molar-refractivity contribution >= 4 is 40.7 Å². The number of nitrogens with one attached hydrogen (secondary N) is 1. The molecule has 0 heterocycles. The quantitative estimate of drug-likeness (QED) is 0.286. The molecule has 24 heavy (non-hydrogen) atoms. The molecular weight excluding hydrogens is 334 g/mol. The molecule has 0 aromatic heterocycles. The number of aromatic hydroxyl groups is 1. The van der Waals surface area contributed by atoms with Crippen LogP contribution in [-0.4, -0.2) is 33.8 Å². The van der Waals surface area contributed by atoms with Gasteiger partial charge in [0.25, 0.3) is 5.91 Å². The standard InChI is InChI=1S/C16H14ClN3O4/c17-8-14(18)19-10-3-1-2-9(6-10)15(22)20-11-4-5-13(21)12(7-11)16(23)24/h1-7,21H,8H2,(H2,18,19)(H,20,22)(H,23,24). The monoisotopic (exact) mass is 347 g/mol. The molecule has 0 spiro atoms. The summed E-state index contributed by atoms with van der Waals surface area (Å²) in [6.45, 7) is 0. The average molecular weight is 348 g/mol. The summed E-state index contributed by atoms with van der Waals surface area (Å²) in [6.07, 6.45) is 0. The fraction of sp³-hybridized carbons (Fsp3) is 0.0625. The molecule has 0 fully saturated rings. The van der Waals surface area contributed by atoms with Crippen LogP contribution in [0.3, 0.4) is 0 Å². The van der Waals surface area contributed by atoms with Crippen LogP contribution < -0.4 is 11.1 Å². The normalized spacial score (nSPS) is 11.1. The van der Waals surface area contributed by atoms with E-state index in [2.05, 4.69) is 10.3 Å². The van der Waals surface area contributed by atoms with E-state index in [0.717, 1.165) is 0 Å². The lowest BCUT2D eigenvalue weighted by Crippen LogP contribution is -2.13. The second kappa shape index (κ2) is 7.47. The smallest absolute Gasteiger partial charge is 0.339 e. The maximum Gasteiger partial charge on any atom is 0.339 e. The Morgan fingerprint density at radius 2 is 1.96 bits per heavy atom. The number of amidine groups is 1. The number of carbonyl (C=O) groups is 2. The molecule has 0 saturated heterocycles. The van der Waals surface area contributed by atoms with E-state index in [-0.39, 0.29) is 28.7 Å². The molecule has 0 aliphatic heterocycles. The number of aromatic carboxylic acids is 1. The summed E-state index contributed by atoms with van der Waals surface area (Å²) >= 11 is 5.56. The number of carboxylic acid groups (broad SMARTS) is 1. The first kappa shape index (κ1) is 17.3. The highest BCUT2D eigenvalue weighted by Crippen LogP contribution is 2.22. The number of nitrogens with two attached hydrogens (primary N) is 1. The lowest BCUT2D eigenvalue weighted by atomic mass is 10.1. The number of benzene rings is 2. The second-order valence-electron chi connectivity index (χ2n) is 4.78. The van der Waals surface area contributed by atoms with Crippen LogP contribution in [0.5, 0.6) is 5.75 Å².